The Hall–Kier alpha value is -2.11. The molecule has 0 unspecified atom stereocenters. The molecule has 0 spiro atoms. The Morgan fingerprint density at radius 3 is 2.78 bits per heavy atom. The van der Waals surface area contributed by atoms with Crippen molar-refractivity contribution in [2.24, 2.45) is 7.05 Å². The SMILES string of the molecule is Cc1cnn(C[C@@H]2CCCN2C(=O)c2cnn(C)c2C2CC2)c1. The molecular formula is C17H23N5O. The summed E-state index contributed by atoms with van der Waals surface area (Å²) in [5, 5.41) is 8.70. The summed E-state index contributed by atoms with van der Waals surface area (Å²) >= 11 is 0. The summed E-state index contributed by atoms with van der Waals surface area (Å²) in [5.74, 6) is 0.669. The molecular weight excluding hydrogens is 290 g/mol. The molecule has 4 rings (SSSR count). The van der Waals surface area contributed by atoms with Crippen LogP contribution < -0.4 is 0 Å². The lowest BCUT2D eigenvalue weighted by Gasteiger charge is -2.25. The highest BCUT2D eigenvalue weighted by atomic mass is 16.2. The number of aromatic nitrogens is 4. The lowest BCUT2D eigenvalue weighted by molar-refractivity contribution is 0.0720. The highest BCUT2D eigenvalue weighted by Crippen LogP contribution is 2.41. The zero-order valence-corrected chi connectivity index (χ0v) is 13.8. The number of hydrogen-bond donors (Lipinski definition) is 0. The first-order chi connectivity index (χ1) is 11.1. The van der Waals surface area contributed by atoms with E-state index in [4.69, 9.17) is 0 Å². The van der Waals surface area contributed by atoms with Crippen LogP contribution in [0.5, 0.6) is 0 Å². The van der Waals surface area contributed by atoms with Crippen LogP contribution in [0.2, 0.25) is 0 Å². The number of likely N-dealkylation sites (tertiary alicyclic amines) is 1. The van der Waals surface area contributed by atoms with E-state index in [-0.39, 0.29) is 11.9 Å². The number of carbonyl (C=O) groups excluding carboxylic acids is 1. The van der Waals surface area contributed by atoms with E-state index in [2.05, 4.69) is 10.2 Å². The number of nitrogens with zero attached hydrogens (tertiary/aromatic N) is 5. The molecule has 1 saturated carbocycles. The molecule has 6 heteroatoms. The molecule has 0 bridgehead atoms. The van der Waals surface area contributed by atoms with Crippen molar-refractivity contribution in [3.05, 3.63) is 35.4 Å². The minimum Gasteiger partial charge on any atom is -0.334 e. The normalized spacial score (nSPS) is 21.1. The van der Waals surface area contributed by atoms with Crippen molar-refractivity contribution in [3.63, 3.8) is 0 Å². The highest BCUT2D eigenvalue weighted by molar-refractivity contribution is 5.95. The van der Waals surface area contributed by atoms with E-state index in [1.54, 1.807) is 6.20 Å². The first kappa shape index (κ1) is 14.5. The number of aryl methyl sites for hydroxylation is 2. The van der Waals surface area contributed by atoms with E-state index < -0.39 is 0 Å². The molecule has 1 aliphatic carbocycles. The van der Waals surface area contributed by atoms with Crippen LogP contribution in [-0.4, -0.2) is 43.0 Å². The molecule has 0 N–H and O–H groups in total. The van der Waals surface area contributed by atoms with E-state index in [1.807, 2.05) is 40.6 Å². The third kappa shape index (κ3) is 2.66. The second-order valence-corrected chi connectivity index (χ2v) is 6.88. The summed E-state index contributed by atoms with van der Waals surface area (Å²) in [5.41, 5.74) is 3.08. The average molecular weight is 313 g/mol. The Morgan fingerprint density at radius 1 is 1.26 bits per heavy atom. The van der Waals surface area contributed by atoms with Crippen molar-refractivity contribution in [2.75, 3.05) is 6.54 Å². The Kier molecular flexibility index (Phi) is 3.47. The summed E-state index contributed by atoms with van der Waals surface area (Å²) in [4.78, 5) is 15.1. The van der Waals surface area contributed by atoms with E-state index in [9.17, 15) is 4.79 Å². The predicted molar refractivity (Wildman–Crippen MR) is 86.2 cm³/mol. The fourth-order valence-corrected chi connectivity index (χ4v) is 3.68. The van der Waals surface area contributed by atoms with Crippen LogP contribution in [0.1, 0.15) is 53.2 Å². The minimum absolute atomic E-state index is 0.145. The van der Waals surface area contributed by atoms with E-state index in [0.29, 0.717) is 5.92 Å². The second kappa shape index (κ2) is 5.51. The van der Waals surface area contributed by atoms with Crippen molar-refractivity contribution in [3.8, 4) is 0 Å². The molecule has 2 aliphatic rings. The highest BCUT2D eigenvalue weighted by Gasteiger charge is 2.36. The molecule has 122 valence electrons. The smallest absolute Gasteiger partial charge is 0.257 e. The molecule has 6 nitrogen and oxygen atoms in total. The predicted octanol–water partition coefficient (Wildman–Crippen LogP) is 2.11. The Morgan fingerprint density at radius 2 is 2.09 bits per heavy atom. The molecule has 1 saturated heterocycles. The van der Waals surface area contributed by atoms with Gasteiger partial charge in [0, 0.05) is 25.7 Å². The monoisotopic (exact) mass is 313 g/mol. The van der Waals surface area contributed by atoms with Gasteiger partial charge < -0.3 is 4.90 Å². The van der Waals surface area contributed by atoms with Gasteiger partial charge in [0.25, 0.3) is 5.91 Å². The summed E-state index contributed by atoms with van der Waals surface area (Å²) < 4.78 is 3.84. The van der Waals surface area contributed by atoms with Crippen molar-refractivity contribution in [1.82, 2.24) is 24.5 Å². The van der Waals surface area contributed by atoms with Crippen LogP contribution in [0, 0.1) is 6.92 Å². The van der Waals surface area contributed by atoms with Crippen molar-refractivity contribution < 1.29 is 4.79 Å². The molecule has 1 amide bonds. The summed E-state index contributed by atoms with van der Waals surface area (Å²) in [6.45, 7) is 3.65. The zero-order valence-electron chi connectivity index (χ0n) is 13.8. The lowest BCUT2D eigenvalue weighted by Crippen LogP contribution is -2.38. The molecule has 1 atom stereocenters. The van der Waals surface area contributed by atoms with Crippen molar-refractivity contribution in [2.45, 2.75) is 51.1 Å². The zero-order chi connectivity index (χ0) is 16.0. The minimum atomic E-state index is 0.145. The van der Waals surface area contributed by atoms with Gasteiger partial charge in [0.2, 0.25) is 0 Å². The topological polar surface area (TPSA) is 56.0 Å². The first-order valence-electron chi connectivity index (χ1n) is 8.45. The van der Waals surface area contributed by atoms with Gasteiger partial charge in [-0.3, -0.25) is 14.2 Å². The maximum atomic E-state index is 13.1. The quantitative estimate of drug-likeness (QED) is 0.868. The molecule has 2 fully saturated rings. The van der Waals surface area contributed by atoms with Gasteiger partial charge in [-0.1, -0.05) is 0 Å². The van der Waals surface area contributed by atoms with Crippen LogP contribution in [0.15, 0.2) is 18.6 Å². The van der Waals surface area contributed by atoms with Gasteiger partial charge in [-0.25, -0.2) is 0 Å². The Bertz CT molecular complexity index is 727. The molecule has 23 heavy (non-hydrogen) atoms. The van der Waals surface area contributed by atoms with Gasteiger partial charge >= 0.3 is 0 Å². The molecule has 0 radical (unpaired) electrons. The lowest BCUT2D eigenvalue weighted by atomic mass is 10.1. The molecule has 2 aromatic heterocycles. The average Bonchev–Trinajstić information content (AvgIpc) is 2.93. The number of rotatable bonds is 4. The van der Waals surface area contributed by atoms with Gasteiger partial charge in [-0.2, -0.15) is 10.2 Å². The molecule has 0 aromatic carbocycles. The fraction of sp³-hybridized carbons (Fsp3) is 0.588. The molecule has 1 aliphatic heterocycles. The summed E-state index contributed by atoms with van der Waals surface area (Å²) in [6, 6.07) is 0.231. The number of carbonyl (C=O) groups is 1. The Balaban J connectivity index is 1.55. The fourth-order valence-electron chi connectivity index (χ4n) is 3.68. The van der Waals surface area contributed by atoms with E-state index in [0.717, 1.165) is 42.8 Å². The summed E-state index contributed by atoms with van der Waals surface area (Å²) in [7, 11) is 1.94. The number of amides is 1. The molecule has 3 heterocycles. The summed E-state index contributed by atoms with van der Waals surface area (Å²) in [6.07, 6.45) is 10.1. The van der Waals surface area contributed by atoms with Gasteiger partial charge in [0.05, 0.1) is 36.2 Å². The molecule has 2 aromatic rings. The van der Waals surface area contributed by atoms with Crippen LogP contribution in [0.3, 0.4) is 0 Å². The van der Waals surface area contributed by atoms with Gasteiger partial charge in [-0.15, -0.1) is 0 Å². The van der Waals surface area contributed by atoms with Crippen molar-refractivity contribution >= 4 is 5.91 Å². The van der Waals surface area contributed by atoms with Crippen molar-refractivity contribution in [1.29, 1.82) is 0 Å². The second-order valence-electron chi connectivity index (χ2n) is 6.88. The maximum absolute atomic E-state index is 13.1. The third-order valence-electron chi connectivity index (χ3n) is 4.98. The Labute approximate surface area is 136 Å². The van der Waals surface area contributed by atoms with Crippen LogP contribution in [0.25, 0.3) is 0 Å². The first-order valence-corrected chi connectivity index (χ1v) is 8.45. The number of hydrogen-bond acceptors (Lipinski definition) is 3. The standard InChI is InChI=1S/C17H23N5O/c1-12-8-19-21(10-12)11-14-4-3-7-22(14)17(23)15-9-18-20(2)16(15)13-5-6-13/h8-10,13-14H,3-7,11H2,1-2H3/t14-/m0/s1. The van der Waals surface area contributed by atoms with Gasteiger partial charge in [-0.05, 0) is 38.2 Å². The van der Waals surface area contributed by atoms with Crippen LogP contribution in [-0.2, 0) is 13.6 Å². The van der Waals surface area contributed by atoms with Crippen LogP contribution in [0.4, 0.5) is 0 Å². The van der Waals surface area contributed by atoms with E-state index in [1.165, 1.54) is 12.8 Å². The third-order valence-corrected chi connectivity index (χ3v) is 4.98. The van der Waals surface area contributed by atoms with Crippen LogP contribution >= 0.6 is 0 Å². The maximum Gasteiger partial charge on any atom is 0.257 e. The van der Waals surface area contributed by atoms with Gasteiger partial charge in [0.15, 0.2) is 0 Å². The van der Waals surface area contributed by atoms with E-state index >= 15 is 0 Å². The van der Waals surface area contributed by atoms with Gasteiger partial charge in [0.1, 0.15) is 0 Å². The largest absolute Gasteiger partial charge is 0.334 e.